The molecule has 21 heavy (non-hydrogen) atoms. The third-order valence-electron chi connectivity index (χ3n) is 2.31. The number of pyridine rings is 1. The predicted molar refractivity (Wildman–Crippen MR) is 74.0 cm³/mol. The number of halogens is 3. The largest absolute Gasteiger partial charge is 0.468 e. The van der Waals surface area contributed by atoms with Crippen molar-refractivity contribution in [3.05, 3.63) is 23.9 Å². The molecule has 0 aliphatic rings. The molecule has 1 aromatic rings. The molecular formula is C13H19F3N4O. The van der Waals surface area contributed by atoms with Gasteiger partial charge >= 0.3 is 6.18 Å². The molecule has 0 atom stereocenters. The van der Waals surface area contributed by atoms with Crippen LogP contribution in [0.5, 0.6) is 5.88 Å². The van der Waals surface area contributed by atoms with Crippen LogP contribution >= 0.6 is 0 Å². The van der Waals surface area contributed by atoms with Crippen LogP contribution in [0.15, 0.2) is 23.3 Å². The highest BCUT2D eigenvalue weighted by Crippen LogP contribution is 2.17. The van der Waals surface area contributed by atoms with E-state index in [0.29, 0.717) is 24.0 Å². The van der Waals surface area contributed by atoms with Gasteiger partial charge < -0.3 is 15.8 Å². The fourth-order valence-electron chi connectivity index (χ4n) is 1.32. The van der Waals surface area contributed by atoms with E-state index < -0.39 is 12.8 Å². The van der Waals surface area contributed by atoms with Crippen LogP contribution in [-0.4, -0.2) is 30.3 Å². The molecule has 118 valence electrons. The molecule has 0 aliphatic carbocycles. The van der Waals surface area contributed by atoms with E-state index in [1.54, 1.807) is 6.07 Å². The van der Waals surface area contributed by atoms with E-state index in [2.05, 4.69) is 20.0 Å². The van der Waals surface area contributed by atoms with Gasteiger partial charge in [-0.25, -0.2) is 9.98 Å². The Morgan fingerprint density at radius 3 is 2.81 bits per heavy atom. The van der Waals surface area contributed by atoms with Gasteiger partial charge in [-0.3, -0.25) is 0 Å². The quantitative estimate of drug-likeness (QED) is 0.623. The molecule has 0 aromatic carbocycles. The van der Waals surface area contributed by atoms with Crippen LogP contribution < -0.4 is 15.8 Å². The third kappa shape index (κ3) is 8.01. The van der Waals surface area contributed by atoms with Gasteiger partial charge in [0.2, 0.25) is 5.88 Å². The molecule has 0 aliphatic heterocycles. The zero-order valence-electron chi connectivity index (χ0n) is 11.9. The number of aliphatic imine (C=N–C) groups is 1. The van der Waals surface area contributed by atoms with E-state index >= 15 is 0 Å². The molecule has 0 saturated heterocycles. The summed E-state index contributed by atoms with van der Waals surface area (Å²) in [5, 5.41) is 2.94. The number of aromatic nitrogens is 1. The summed E-state index contributed by atoms with van der Waals surface area (Å²) >= 11 is 0. The van der Waals surface area contributed by atoms with E-state index in [1.165, 1.54) is 12.3 Å². The van der Waals surface area contributed by atoms with E-state index in [9.17, 15) is 13.2 Å². The monoisotopic (exact) mass is 304 g/mol. The molecule has 0 radical (unpaired) electrons. The van der Waals surface area contributed by atoms with E-state index in [1.807, 2.05) is 13.8 Å². The van der Waals surface area contributed by atoms with Gasteiger partial charge in [-0.05, 0) is 17.5 Å². The van der Waals surface area contributed by atoms with Gasteiger partial charge in [0.05, 0.1) is 6.54 Å². The number of guanidine groups is 1. The van der Waals surface area contributed by atoms with Gasteiger partial charge in [-0.15, -0.1) is 0 Å². The molecule has 0 spiro atoms. The SMILES string of the molecule is CC(C)CNC(N)=NCc1ccnc(OCC(F)(F)F)c1. The zero-order valence-corrected chi connectivity index (χ0v) is 11.9. The summed E-state index contributed by atoms with van der Waals surface area (Å²) in [6.07, 6.45) is -3.02. The lowest BCUT2D eigenvalue weighted by atomic mass is 10.2. The van der Waals surface area contributed by atoms with Gasteiger partial charge in [0.1, 0.15) is 0 Å². The number of hydrogen-bond acceptors (Lipinski definition) is 3. The number of nitrogens with zero attached hydrogens (tertiary/aromatic N) is 2. The lowest BCUT2D eigenvalue weighted by Crippen LogP contribution is -2.34. The Kier molecular flexibility index (Phi) is 6.26. The van der Waals surface area contributed by atoms with Crippen molar-refractivity contribution in [1.29, 1.82) is 0 Å². The van der Waals surface area contributed by atoms with Gasteiger partial charge in [0, 0.05) is 18.8 Å². The number of hydrogen-bond donors (Lipinski definition) is 2. The minimum atomic E-state index is -4.39. The summed E-state index contributed by atoms with van der Waals surface area (Å²) < 4.78 is 40.7. The summed E-state index contributed by atoms with van der Waals surface area (Å²) in [5.41, 5.74) is 6.33. The van der Waals surface area contributed by atoms with Crippen molar-refractivity contribution in [2.75, 3.05) is 13.2 Å². The van der Waals surface area contributed by atoms with Crippen molar-refractivity contribution in [3.8, 4) is 5.88 Å². The fourth-order valence-corrected chi connectivity index (χ4v) is 1.32. The van der Waals surface area contributed by atoms with Crippen molar-refractivity contribution in [3.63, 3.8) is 0 Å². The Balaban J connectivity index is 2.54. The first-order valence-electron chi connectivity index (χ1n) is 6.44. The van der Waals surface area contributed by atoms with Crippen molar-refractivity contribution in [1.82, 2.24) is 10.3 Å². The van der Waals surface area contributed by atoms with Crippen LogP contribution in [0.3, 0.4) is 0 Å². The maximum absolute atomic E-state index is 12.0. The van der Waals surface area contributed by atoms with E-state index in [-0.39, 0.29) is 12.4 Å². The number of alkyl halides is 3. The second kappa shape index (κ2) is 7.70. The molecule has 0 unspecified atom stereocenters. The summed E-state index contributed by atoms with van der Waals surface area (Å²) in [4.78, 5) is 7.81. The maximum Gasteiger partial charge on any atom is 0.422 e. The molecule has 0 amide bonds. The third-order valence-corrected chi connectivity index (χ3v) is 2.31. The highest BCUT2D eigenvalue weighted by atomic mass is 19.4. The Morgan fingerprint density at radius 2 is 2.19 bits per heavy atom. The van der Waals surface area contributed by atoms with Crippen molar-refractivity contribution in [2.24, 2.45) is 16.6 Å². The Labute approximate surface area is 121 Å². The summed E-state index contributed by atoms with van der Waals surface area (Å²) in [6.45, 7) is 3.64. The van der Waals surface area contributed by atoms with Gasteiger partial charge in [-0.2, -0.15) is 13.2 Å². The van der Waals surface area contributed by atoms with Crippen LogP contribution in [0, 0.1) is 5.92 Å². The minimum absolute atomic E-state index is 0.0891. The number of nitrogens with two attached hydrogens (primary N) is 1. The maximum atomic E-state index is 12.0. The normalized spacial score (nSPS) is 12.6. The Hall–Kier alpha value is -1.99. The minimum Gasteiger partial charge on any atom is -0.468 e. The predicted octanol–water partition coefficient (Wildman–Crippen LogP) is 2.08. The van der Waals surface area contributed by atoms with Crippen LogP contribution in [-0.2, 0) is 6.54 Å². The highest BCUT2D eigenvalue weighted by Gasteiger charge is 2.28. The molecule has 8 heteroatoms. The first-order valence-corrected chi connectivity index (χ1v) is 6.44. The smallest absolute Gasteiger partial charge is 0.422 e. The van der Waals surface area contributed by atoms with Crippen LogP contribution in [0.4, 0.5) is 13.2 Å². The Morgan fingerprint density at radius 1 is 1.48 bits per heavy atom. The number of nitrogens with one attached hydrogen (secondary N) is 1. The van der Waals surface area contributed by atoms with E-state index in [0.717, 1.165) is 0 Å². The van der Waals surface area contributed by atoms with Crippen LogP contribution in [0.2, 0.25) is 0 Å². The van der Waals surface area contributed by atoms with Gasteiger partial charge in [0.25, 0.3) is 0 Å². The fraction of sp³-hybridized carbons (Fsp3) is 0.538. The molecule has 5 nitrogen and oxygen atoms in total. The standard InChI is InChI=1S/C13H19F3N4O/c1-9(2)6-19-12(17)20-7-10-3-4-18-11(5-10)21-8-13(14,15)16/h3-5,9H,6-8H2,1-2H3,(H3,17,19,20). The number of rotatable bonds is 6. The van der Waals surface area contributed by atoms with Crippen molar-refractivity contribution < 1.29 is 17.9 Å². The summed E-state index contributed by atoms with van der Waals surface area (Å²) in [6, 6.07) is 3.05. The first-order chi connectivity index (χ1) is 9.76. The average Bonchev–Trinajstić information content (AvgIpc) is 2.40. The molecule has 0 fully saturated rings. The number of ether oxygens (including phenoxy) is 1. The van der Waals surface area contributed by atoms with Crippen molar-refractivity contribution in [2.45, 2.75) is 26.6 Å². The van der Waals surface area contributed by atoms with Gasteiger partial charge in [-0.1, -0.05) is 13.8 Å². The molecule has 3 N–H and O–H groups in total. The van der Waals surface area contributed by atoms with Crippen LogP contribution in [0.1, 0.15) is 19.4 Å². The molecule has 0 saturated carbocycles. The van der Waals surface area contributed by atoms with Crippen molar-refractivity contribution >= 4 is 5.96 Å². The average molecular weight is 304 g/mol. The lowest BCUT2D eigenvalue weighted by molar-refractivity contribution is -0.154. The second-order valence-corrected chi connectivity index (χ2v) is 4.88. The zero-order chi connectivity index (χ0) is 15.9. The van der Waals surface area contributed by atoms with E-state index in [4.69, 9.17) is 5.73 Å². The molecular weight excluding hydrogens is 285 g/mol. The van der Waals surface area contributed by atoms with Gasteiger partial charge in [0.15, 0.2) is 12.6 Å². The molecule has 1 rings (SSSR count). The summed E-state index contributed by atoms with van der Waals surface area (Å²) in [5.74, 6) is 0.633. The first kappa shape index (κ1) is 17.1. The molecule has 1 aromatic heterocycles. The highest BCUT2D eigenvalue weighted by molar-refractivity contribution is 5.77. The molecule has 0 bridgehead atoms. The lowest BCUT2D eigenvalue weighted by Gasteiger charge is -2.09. The molecule has 1 heterocycles. The Bertz CT molecular complexity index is 475. The second-order valence-electron chi connectivity index (χ2n) is 4.88. The topological polar surface area (TPSA) is 72.5 Å². The summed E-state index contributed by atoms with van der Waals surface area (Å²) in [7, 11) is 0. The van der Waals surface area contributed by atoms with Crippen LogP contribution in [0.25, 0.3) is 0 Å².